The Balaban J connectivity index is 1.89. The van der Waals surface area contributed by atoms with Gasteiger partial charge in [-0.05, 0) is 25.7 Å². The molecule has 168 valence electrons. The van der Waals surface area contributed by atoms with Gasteiger partial charge in [0.1, 0.15) is 5.82 Å². The van der Waals surface area contributed by atoms with Crippen LogP contribution >= 0.6 is 11.8 Å². The third kappa shape index (κ3) is 4.94. The third-order valence-corrected chi connectivity index (χ3v) is 7.55. The molecule has 0 aromatic carbocycles. The molecule has 2 fully saturated rings. The molecule has 2 aliphatic rings. The summed E-state index contributed by atoms with van der Waals surface area (Å²) in [5.74, 6) is 1.01. The highest BCUT2D eigenvalue weighted by molar-refractivity contribution is 8.00. The van der Waals surface area contributed by atoms with E-state index in [9.17, 15) is 14.4 Å². The van der Waals surface area contributed by atoms with Crippen molar-refractivity contribution in [2.24, 2.45) is 0 Å². The molecule has 1 aromatic rings. The smallest absolute Gasteiger partial charge is 0.330 e. The Morgan fingerprint density at radius 1 is 1.23 bits per heavy atom. The number of nitrogens with zero attached hydrogens (tertiary/aromatic N) is 3. The zero-order valence-electron chi connectivity index (χ0n) is 18.2. The van der Waals surface area contributed by atoms with Gasteiger partial charge in [0, 0.05) is 36.7 Å². The maximum absolute atomic E-state index is 13.4. The number of anilines is 2. The van der Waals surface area contributed by atoms with Gasteiger partial charge in [0.05, 0.1) is 6.54 Å². The van der Waals surface area contributed by atoms with Crippen LogP contribution in [0.3, 0.4) is 0 Å². The first kappa shape index (κ1) is 22.9. The van der Waals surface area contributed by atoms with Crippen LogP contribution in [-0.4, -0.2) is 57.0 Å². The van der Waals surface area contributed by atoms with Gasteiger partial charge < -0.3 is 10.6 Å². The average Bonchev–Trinajstić information content (AvgIpc) is 2.73. The molecule has 0 unspecified atom stereocenters. The van der Waals surface area contributed by atoms with E-state index in [2.05, 4.69) is 9.88 Å². The quantitative estimate of drug-likeness (QED) is 0.645. The largest absolute Gasteiger partial charge is 0.383 e. The maximum Gasteiger partial charge on any atom is 0.330 e. The van der Waals surface area contributed by atoms with Crippen molar-refractivity contribution in [2.45, 2.75) is 76.6 Å². The first-order valence-corrected chi connectivity index (χ1v) is 12.3. The normalized spacial score (nSPS) is 21.9. The molecule has 2 atom stereocenters. The highest BCUT2D eigenvalue weighted by atomic mass is 32.2. The summed E-state index contributed by atoms with van der Waals surface area (Å²) in [5.41, 5.74) is 5.26. The van der Waals surface area contributed by atoms with E-state index in [1.165, 1.54) is 28.7 Å². The molecular formula is C21H35N5O3S. The van der Waals surface area contributed by atoms with E-state index in [0.717, 1.165) is 31.6 Å². The lowest BCUT2D eigenvalue weighted by Gasteiger charge is -2.43. The monoisotopic (exact) mass is 437 g/mol. The van der Waals surface area contributed by atoms with E-state index in [4.69, 9.17) is 5.73 Å². The number of hydrogen-bond acceptors (Lipinski definition) is 6. The zero-order chi connectivity index (χ0) is 21.7. The molecule has 8 nitrogen and oxygen atoms in total. The summed E-state index contributed by atoms with van der Waals surface area (Å²) >= 11 is 2.03. The van der Waals surface area contributed by atoms with Crippen LogP contribution in [0.2, 0.25) is 0 Å². The van der Waals surface area contributed by atoms with E-state index in [-0.39, 0.29) is 24.0 Å². The van der Waals surface area contributed by atoms with Crippen molar-refractivity contribution in [2.75, 3.05) is 36.0 Å². The number of nitrogens with two attached hydrogens (primary N) is 1. The number of H-pyrrole nitrogens is 1. The standard InChI is InChI=1S/C21H35N5O3S/c1-3-5-11-25(18-19(22)26(10-4-2)21(29)23-20(18)28)17(27)14-24-12-13-30-16-9-7-6-8-15(16)24/h15-16H,3-14,22H2,1-2H3,(H,23,28,29)/t15-,16+/m0/s1. The van der Waals surface area contributed by atoms with Gasteiger partial charge in [-0.3, -0.25) is 24.0 Å². The summed E-state index contributed by atoms with van der Waals surface area (Å²) in [7, 11) is 0. The fraction of sp³-hybridized carbons (Fsp3) is 0.762. The molecule has 30 heavy (non-hydrogen) atoms. The Hall–Kier alpha value is -1.74. The van der Waals surface area contributed by atoms with Crippen molar-refractivity contribution in [1.29, 1.82) is 0 Å². The third-order valence-electron chi connectivity index (χ3n) is 6.15. The Kier molecular flexibility index (Phi) is 8.05. The molecule has 9 heteroatoms. The van der Waals surface area contributed by atoms with Crippen molar-refractivity contribution < 1.29 is 4.79 Å². The van der Waals surface area contributed by atoms with E-state index >= 15 is 0 Å². The van der Waals surface area contributed by atoms with Crippen molar-refractivity contribution in [3.8, 4) is 0 Å². The van der Waals surface area contributed by atoms with E-state index in [0.29, 0.717) is 30.8 Å². The van der Waals surface area contributed by atoms with Crippen molar-refractivity contribution >= 4 is 29.2 Å². The number of nitrogen functional groups attached to an aromatic ring is 1. The second-order valence-electron chi connectivity index (χ2n) is 8.28. The Bertz CT molecular complexity index is 850. The molecule has 3 rings (SSSR count). The molecule has 1 aliphatic heterocycles. The van der Waals surface area contributed by atoms with Crippen LogP contribution in [-0.2, 0) is 11.3 Å². The van der Waals surface area contributed by atoms with Gasteiger partial charge in [-0.15, -0.1) is 0 Å². The molecule has 1 aromatic heterocycles. The van der Waals surface area contributed by atoms with Crippen LogP contribution in [0.5, 0.6) is 0 Å². The molecule has 1 saturated heterocycles. The van der Waals surface area contributed by atoms with Gasteiger partial charge in [0.2, 0.25) is 5.91 Å². The van der Waals surface area contributed by atoms with Crippen molar-refractivity contribution in [3.63, 3.8) is 0 Å². The average molecular weight is 438 g/mol. The molecule has 2 heterocycles. The lowest BCUT2D eigenvalue weighted by atomic mass is 9.93. The minimum atomic E-state index is -0.584. The number of aromatic amines is 1. The van der Waals surface area contributed by atoms with Crippen molar-refractivity contribution in [3.05, 3.63) is 20.8 Å². The highest BCUT2D eigenvalue weighted by Gasteiger charge is 2.36. The predicted octanol–water partition coefficient (Wildman–Crippen LogP) is 2.02. The number of aromatic nitrogens is 2. The summed E-state index contributed by atoms with van der Waals surface area (Å²) in [6.07, 6.45) is 7.18. The summed E-state index contributed by atoms with van der Waals surface area (Å²) in [6, 6.07) is 0.430. The Morgan fingerprint density at radius 2 is 2.00 bits per heavy atom. The number of nitrogens with one attached hydrogen (secondary N) is 1. The van der Waals surface area contributed by atoms with Crippen LogP contribution < -0.4 is 21.9 Å². The molecule has 0 radical (unpaired) electrons. The summed E-state index contributed by atoms with van der Waals surface area (Å²) < 4.78 is 1.36. The molecule has 3 N–H and O–H groups in total. The highest BCUT2D eigenvalue weighted by Crippen LogP contribution is 2.35. The fourth-order valence-electron chi connectivity index (χ4n) is 4.59. The van der Waals surface area contributed by atoms with Crippen LogP contribution in [0.15, 0.2) is 9.59 Å². The second-order valence-corrected chi connectivity index (χ2v) is 9.62. The summed E-state index contributed by atoms with van der Waals surface area (Å²) in [4.78, 5) is 44.5. The van der Waals surface area contributed by atoms with E-state index < -0.39 is 11.2 Å². The van der Waals surface area contributed by atoms with E-state index in [1.54, 1.807) is 0 Å². The number of thioether (sulfide) groups is 1. The maximum atomic E-state index is 13.4. The Morgan fingerprint density at radius 3 is 2.73 bits per heavy atom. The first-order chi connectivity index (χ1) is 14.5. The molecule has 1 amide bonds. The predicted molar refractivity (Wildman–Crippen MR) is 123 cm³/mol. The Labute approximate surface area is 182 Å². The van der Waals surface area contributed by atoms with Crippen LogP contribution in [0.4, 0.5) is 11.5 Å². The molecule has 0 bridgehead atoms. The van der Waals surface area contributed by atoms with Crippen LogP contribution in [0.25, 0.3) is 0 Å². The number of unbranched alkanes of at least 4 members (excludes halogenated alkanes) is 1. The number of hydrogen-bond donors (Lipinski definition) is 2. The van der Waals surface area contributed by atoms with Gasteiger partial charge in [0.15, 0.2) is 5.69 Å². The minimum Gasteiger partial charge on any atom is -0.383 e. The van der Waals surface area contributed by atoms with Gasteiger partial charge in [-0.2, -0.15) is 11.8 Å². The molecule has 1 aliphatic carbocycles. The number of amides is 1. The topological polar surface area (TPSA) is 104 Å². The number of carbonyl (C=O) groups excluding carboxylic acids is 1. The van der Waals surface area contributed by atoms with Gasteiger partial charge >= 0.3 is 5.69 Å². The summed E-state index contributed by atoms with van der Waals surface area (Å²) in [5, 5.41) is 0.601. The van der Waals surface area contributed by atoms with Crippen LogP contribution in [0.1, 0.15) is 58.8 Å². The minimum absolute atomic E-state index is 0.0831. The zero-order valence-corrected chi connectivity index (χ0v) is 19.0. The van der Waals surface area contributed by atoms with E-state index in [1.807, 2.05) is 25.6 Å². The van der Waals surface area contributed by atoms with Gasteiger partial charge in [-0.1, -0.05) is 33.1 Å². The lowest BCUT2D eigenvalue weighted by Crippen LogP contribution is -2.53. The summed E-state index contributed by atoms with van der Waals surface area (Å²) in [6.45, 7) is 5.98. The SMILES string of the molecule is CCCCN(C(=O)CN1CCS[C@@H]2CCCC[C@@H]21)c1c(N)n(CCC)c(=O)[nH]c1=O. The molecule has 1 saturated carbocycles. The van der Waals surface area contributed by atoms with Gasteiger partial charge in [0.25, 0.3) is 5.56 Å². The number of fused-ring (bicyclic) bond motifs is 1. The lowest BCUT2D eigenvalue weighted by molar-refractivity contribution is -0.120. The van der Waals surface area contributed by atoms with Gasteiger partial charge in [-0.25, -0.2) is 4.79 Å². The molecular weight excluding hydrogens is 402 g/mol. The van der Waals surface area contributed by atoms with Crippen LogP contribution in [0, 0.1) is 0 Å². The number of rotatable bonds is 8. The second kappa shape index (κ2) is 10.5. The first-order valence-electron chi connectivity index (χ1n) is 11.3. The van der Waals surface area contributed by atoms with Crippen molar-refractivity contribution in [1.82, 2.24) is 14.5 Å². The molecule has 0 spiro atoms. The fourth-order valence-corrected chi connectivity index (χ4v) is 6.10. The number of carbonyl (C=O) groups is 1.